The first-order valence-corrected chi connectivity index (χ1v) is 10.2. The Morgan fingerprint density at radius 2 is 0.833 bits per heavy atom. The topological polar surface area (TPSA) is 0 Å². The van der Waals surface area contributed by atoms with Crippen LogP contribution in [0.3, 0.4) is 0 Å². The van der Waals surface area contributed by atoms with Crippen molar-refractivity contribution in [2.24, 2.45) is 0 Å². The number of halogens is 5. The Morgan fingerprint density at radius 3 is 0.833 bits per heavy atom. The van der Waals surface area contributed by atoms with Crippen LogP contribution in [0.4, 0.5) is 0 Å². The zero-order valence-corrected chi connectivity index (χ0v) is 11.9. The molecule has 0 radical (unpaired) electrons. The van der Waals surface area contributed by atoms with E-state index < -0.39 is 4.65 Å². The van der Waals surface area contributed by atoms with Crippen LogP contribution in [0.5, 0.6) is 0 Å². The summed E-state index contributed by atoms with van der Waals surface area (Å²) in [6, 6.07) is 0. The van der Waals surface area contributed by atoms with E-state index in [0.29, 0.717) is 0 Å². The Labute approximate surface area is 83.3 Å². The molecule has 0 aliphatic carbocycles. The van der Waals surface area contributed by atoms with Crippen molar-refractivity contribution in [2.75, 3.05) is 0 Å². The van der Waals surface area contributed by atoms with Crippen LogP contribution in [0, 0.1) is 0 Å². The average Bonchev–Trinajstić information content (AvgIpc) is 0.811. The van der Waals surface area contributed by atoms with Crippen molar-refractivity contribution in [1.82, 2.24) is 0 Å². The number of rotatable bonds is 0. The first-order valence-electron chi connectivity index (χ1n) is 0.655. The minimum absolute atomic E-state index is 0. The minimum atomic E-state index is -0.701. The van der Waals surface area contributed by atoms with E-state index in [9.17, 15) is 0 Å². The van der Waals surface area contributed by atoms with E-state index in [-0.39, 0.29) is 34.0 Å². The highest BCUT2D eigenvalue weighted by atomic mass is 80.0. The second-order valence-electron chi connectivity index (χ2n) is 0.247. The van der Waals surface area contributed by atoms with Gasteiger partial charge in [0.25, 0.3) is 4.65 Å². The molecule has 0 bridgehead atoms. The normalized spacial score (nSPS) is 6.00. The Morgan fingerprint density at radius 1 is 0.833 bits per heavy atom. The van der Waals surface area contributed by atoms with Crippen LogP contribution in [0.25, 0.3) is 0 Å². The van der Waals surface area contributed by atoms with Gasteiger partial charge in [-0.2, -0.15) is 0 Å². The van der Waals surface area contributed by atoms with Crippen molar-refractivity contribution in [1.29, 1.82) is 0 Å². The Balaban J connectivity index is -0.0000000450. The van der Waals surface area contributed by atoms with Gasteiger partial charge in [0, 0.05) is 0 Å². The van der Waals surface area contributed by atoms with Gasteiger partial charge in [-0.05, 0) is 0 Å². The summed E-state index contributed by atoms with van der Waals surface area (Å²) in [5.41, 5.74) is 0. The summed E-state index contributed by atoms with van der Waals surface area (Å²) < 4.78 is -0.701. The van der Waals surface area contributed by atoms with E-state index in [0.717, 1.165) is 0 Å². The van der Waals surface area contributed by atoms with Crippen LogP contribution in [0.2, 0.25) is 0 Å². The maximum absolute atomic E-state index is 3.24. The molecule has 0 nitrogen and oxygen atoms in total. The molecule has 42 valence electrons. The number of hydrogen-bond acceptors (Lipinski definition) is 0. The maximum atomic E-state index is 3.24. The van der Waals surface area contributed by atoms with Gasteiger partial charge in [0.15, 0.2) is 0 Å². The van der Waals surface area contributed by atoms with Gasteiger partial charge in [-0.3, -0.25) is 0 Å². The molecule has 0 amide bonds. The molecule has 0 unspecified atom stereocenters. The Kier molecular flexibility index (Phi) is 27.9. The molecule has 0 fully saturated rings. The minimum Gasteiger partial charge on any atom is -0.114 e. The van der Waals surface area contributed by atoms with Gasteiger partial charge >= 0.3 is 0 Å². The fourth-order valence-electron chi connectivity index (χ4n) is 0. The Hall–Kier alpha value is 2.62. The first kappa shape index (κ1) is 15.8. The van der Waals surface area contributed by atoms with Crippen LogP contribution in [-0.2, 0) is 0 Å². The highest BCUT2D eigenvalue weighted by Gasteiger charge is 1.82. The molecule has 0 aromatic rings. The second-order valence-corrected chi connectivity index (χ2v) is 20.0. The summed E-state index contributed by atoms with van der Waals surface area (Å²) in [6.45, 7) is 0. The largest absolute Gasteiger partial charge is 0.253 e. The molecule has 0 aromatic heterocycles. The van der Waals surface area contributed by atoms with Gasteiger partial charge in [0.2, 0.25) is 0 Å². The zero-order valence-electron chi connectivity index (χ0n) is 2.53. The highest BCUT2D eigenvalue weighted by molar-refractivity contribution is 9.69. The molecule has 0 aliphatic rings. The van der Waals surface area contributed by atoms with Gasteiger partial charge in [-0.25, -0.2) is 0 Å². The van der Waals surface area contributed by atoms with Crippen molar-refractivity contribution >= 4 is 84.5 Å². The zero-order chi connectivity index (χ0) is 3.58. The van der Waals surface area contributed by atoms with Crippen LogP contribution in [0.15, 0.2) is 0 Å². The summed E-state index contributed by atoms with van der Waals surface area (Å²) >= 11 is 9.73. The molecular formula is H3Br5Si. The monoisotopic (exact) mass is 426 g/mol. The van der Waals surface area contributed by atoms with E-state index in [4.69, 9.17) is 0 Å². The molecule has 0 spiro atoms. The third kappa shape index (κ3) is 30.5. The van der Waals surface area contributed by atoms with Gasteiger partial charge in [0.05, 0.1) is 0 Å². The molecule has 0 aromatic carbocycles. The average molecular weight is 431 g/mol. The molecular weight excluding hydrogens is 428 g/mol. The summed E-state index contributed by atoms with van der Waals surface area (Å²) in [5.74, 6) is 0. The summed E-state index contributed by atoms with van der Waals surface area (Å²) in [4.78, 5) is 0. The molecule has 6 heavy (non-hydrogen) atoms. The van der Waals surface area contributed by atoms with Crippen LogP contribution < -0.4 is 0 Å². The lowest BCUT2D eigenvalue weighted by atomic mass is 28.0. The standard InChI is InChI=1S/Br3HSi.2BrH/c1-4(2)3;;/h4H;2*1H. The van der Waals surface area contributed by atoms with E-state index in [2.05, 4.69) is 45.9 Å². The molecule has 0 atom stereocenters. The molecule has 0 saturated heterocycles. The van der Waals surface area contributed by atoms with Gasteiger partial charge < -0.3 is 0 Å². The molecule has 0 saturated carbocycles. The fraction of sp³-hybridized carbons (Fsp3) is 0. The molecule has 0 rings (SSSR count). The van der Waals surface area contributed by atoms with Crippen LogP contribution in [-0.4, -0.2) is 4.65 Å². The van der Waals surface area contributed by atoms with Crippen molar-refractivity contribution in [3.05, 3.63) is 0 Å². The number of hydrogen-bond donors (Lipinski definition) is 0. The molecule has 0 N–H and O–H groups in total. The summed E-state index contributed by atoms with van der Waals surface area (Å²) in [7, 11) is 0. The third-order valence-electron chi connectivity index (χ3n) is 0. The lowest BCUT2D eigenvalue weighted by Crippen LogP contribution is -1.60. The van der Waals surface area contributed by atoms with E-state index in [1.165, 1.54) is 0 Å². The molecule has 0 heterocycles. The SMILES string of the molecule is Br.Br.Br[SiH](Br)Br. The van der Waals surface area contributed by atoms with E-state index in [1.54, 1.807) is 0 Å². The third-order valence-corrected chi connectivity index (χ3v) is 0. The van der Waals surface area contributed by atoms with Crippen molar-refractivity contribution in [3.63, 3.8) is 0 Å². The fourth-order valence-corrected chi connectivity index (χ4v) is 0. The van der Waals surface area contributed by atoms with Crippen molar-refractivity contribution < 1.29 is 0 Å². The van der Waals surface area contributed by atoms with Crippen molar-refractivity contribution in [2.45, 2.75) is 0 Å². The van der Waals surface area contributed by atoms with Gasteiger partial charge in [-0.1, -0.05) is 0 Å². The highest BCUT2D eigenvalue weighted by Crippen LogP contribution is 2.07. The lowest BCUT2D eigenvalue weighted by molar-refractivity contribution is 4.99. The quantitative estimate of drug-likeness (QED) is 0.409. The molecule has 6 heteroatoms. The van der Waals surface area contributed by atoms with Crippen molar-refractivity contribution in [3.8, 4) is 0 Å². The second kappa shape index (κ2) is 10.6. The Bertz CT molecular complexity index is 8.66. The summed E-state index contributed by atoms with van der Waals surface area (Å²) in [6.07, 6.45) is 0. The van der Waals surface area contributed by atoms with Crippen LogP contribution >= 0.6 is 79.8 Å². The maximum Gasteiger partial charge on any atom is 0.253 e. The first-order chi connectivity index (χ1) is 1.73. The molecule has 0 aliphatic heterocycles. The van der Waals surface area contributed by atoms with E-state index in [1.807, 2.05) is 0 Å². The lowest BCUT2D eigenvalue weighted by Gasteiger charge is -1.66. The smallest absolute Gasteiger partial charge is 0.114 e. The van der Waals surface area contributed by atoms with Crippen LogP contribution in [0.1, 0.15) is 0 Å². The van der Waals surface area contributed by atoms with Gasteiger partial charge in [-0.15, -0.1) is 79.8 Å². The predicted molar refractivity (Wildman–Crippen MR) is 54.6 cm³/mol. The predicted octanol–water partition coefficient (Wildman–Crippen LogP) is 3.04. The van der Waals surface area contributed by atoms with E-state index >= 15 is 0 Å². The van der Waals surface area contributed by atoms with Gasteiger partial charge in [0.1, 0.15) is 0 Å². The summed E-state index contributed by atoms with van der Waals surface area (Å²) in [5, 5.41) is 0.